The van der Waals surface area contributed by atoms with Crippen molar-refractivity contribution in [3.05, 3.63) is 59.2 Å². The molecular formula is C18H22N2O2. The lowest BCUT2D eigenvalue weighted by Crippen LogP contribution is -2.15. The van der Waals surface area contributed by atoms with Gasteiger partial charge in [-0.1, -0.05) is 35.9 Å². The predicted molar refractivity (Wildman–Crippen MR) is 89.0 cm³/mol. The fourth-order valence-corrected chi connectivity index (χ4v) is 2.23. The summed E-state index contributed by atoms with van der Waals surface area (Å²) in [5.74, 6) is 0.370. The molecule has 0 aromatic heterocycles. The minimum atomic E-state index is -0.360. The molecule has 3 N–H and O–H groups in total. The van der Waals surface area contributed by atoms with Gasteiger partial charge >= 0.3 is 0 Å². The molecule has 22 heavy (non-hydrogen) atoms. The Morgan fingerprint density at radius 3 is 2.68 bits per heavy atom. The maximum absolute atomic E-state index is 10.8. The highest BCUT2D eigenvalue weighted by atomic mass is 16.5. The summed E-state index contributed by atoms with van der Waals surface area (Å²) in [6, 6.07) is 14.1. The molecule has 0 fully saturated rings. The van der Waals surface area contributed by atoms with Crippen molar-refractivity contribution in [1.82, 2.24) is 0 Å². The average molecular weight is 298 g/mol. The summed E-state index contributed by atoms with van der Waals surface area (Å²) in [5.41, 5.74) is 9.80. The number of carbonyl (C=O) groups excluding carboxylic acids is 1. The van der Waals surface area contributed by atoms with E-state index in [-0.39, 0.29) is 18.9 Å². The molecule has 2 rings (SSSR count). The molecule has 116 valence electrons. The maximum atomic E-state index is 10.8. The van der Waals surface area contributed by atoms with E-state index in [4.69, 9.17) is 10.5 Å². The molecule has 0 bridgehead atoms. The van der Waals surface area contributed by atoms with Gasteiger partial charge < -0.3 is 15.8 Å². The van der Waals surface area contributed by atoms with Gasteiger partial charge in [-0.25, -0.2) is 0 Å². The number of ether oxygens (including phenoxy) is 1. The number of primary amides is 1. The number of hydrogen-bond acceptors (Lipinski definition) is 3. The Labute approximate surface area is 131 Å². The van der Waals surface area contributed by atoms with Gasteiger partial charge in [-0.2, -0.15) is 0 Å². The third-order valence-corrected chi connectivity index (χ3v) is 3.46. The molecule has 0 aliphatic heterocycles. The van der Waals surface area contributed by atoms with Crippen LogP contribution in [0.15, 0.2) is 42.5 Å². The summed E-state index contributed by atoms with van der Waals surface area (Å²) in [6.45, 7) is 5.21. The van der Waals surface area contributed by atoms with Crippen molar-refractivity contribution >= 4 is 11.6 Å². The third-order valence-electron chi connectivity index (χ3n) is 3.46. The van der Waals surface area contributed by atoms with Crippen LogP contribution in [0.2, 0.25) is 0 Å². The van der Waals surface area contributed by atoms with Gasteiger partial charge in [0.2, 0.25) is 5.91 Å². The first kappa shape index (κ1) is 15.9. The van der Waals surface area contributed by atoms with E-state index < -0.39 is 0 Å². The predicted octanol–water partition coefficient (Wildman–Crippen LogP) is 3.17. The van der Waals surface area contributed by atoms with Crippen LogP contribution in [-0.2, 0) is 11.3 Å². The molecule has 0 aliphatic carbocycles. The largest absolute Gasteiger partial charge is 0.491 e. The molecule has 0 heterocycles. The average Bonchev–Trinajstić information content (AvgIpc) is 2.47. The molecule has 0 radical (unpaired) electrons. The molecule has 4 heteroatoms. The second-order valence-electron chi connectivity index (χ2n) is 5.34. The normalized spacial score (nSPS) is 10.3. The molecule has 0 atom stereocenters. The van der Waals surface area contributed by atoms with E-state index in [1.54, 1.807) is 0 Å². The Balaban J connectivity index is 2.01. The summed E-state index contributed by atoms with van der Waals surface area (Å²) < 4.78 is 5.62. The topological polar surface area (TPSA) is 64.3 Å². The van der Waals surface area contributed by atoms with Crippen molar-refractivity contribution in [2.24, 2.45) is 5.73 Å². The van der Waals surface area contributed by atoms with Gasteiger partial charge in [0.05, 0.1) is 18.7 Å². The summed E-state index contributed by atoms with van der Waals surface area (Å²) >= 11 is 0. The van der Waals surface area contributed by atoms with Crippen molar-refractivity contribution in [3.63, 3.8) is 0 Å². The SMILES string of the molecule is Cc1ccc(CNc2ccccc2OCCC(N)=O)c(C)c1. The molecule has 2 aromatic carbocycles. The first-order chi connectivity index (χ1) is 10.6. The van der Waals surface area contributed by atoms with Crippen LogP contribution >= 0.6 is 0 Å². The van der Waals surface area contributed by atoms with E-state index in [2.05, 4.69) is 37.4 Å². The van der Waals surface area contributed by atoms with E-state index in [1.165, 1.54) is 16.7 Å². The fourth-order valence-electron chi connectivity index (χ4n) is 2.23. The van der Waals surface area contributed by atoms with Gasteiger partial charge in [0.1, 0.15) is 5.75 Å². The van der Waals surface area contributed by atoms with Crippen molar-refractivity contribution in [3.8, 4) is 5.75 Å². The number of anilines is 1. The van der Waals surface area contributed by atoms with Gasteiger partial charge in [0, 0.05) is 6.54 Å². The Morgan fingerprint density at radius 1 is 1.18 bits per heavy atom. The minimum absolute atomic E-state index is 0.214. The van der Waals surface area contributed by atoms with Gasteiger partial charge in [-0.05, 0) is 37.1 Å². The van der Waals surface area contributed by atoms with Gasteiger partial charge in [0.25, 0.3) is 0 Å². The number of rotatable bonds is 7. The lowest BCUT2D eigenvalue weighted by atomic mass is 10.1. The summed E-state index contributed by atoms with van der Waals surface area (Å²) in [4.78, 5) is 10.8. The zero-order valence-corrected chi connectivity index (χ0v) is 13.1. The molecule has 0 aliphatic rings. The summed E-state index contributed by atoms with van der Waals surface area (Å²) in [5, 5.41) is 3.39. The van der Waals surface area contributed by atoms with Gasteiger partial charge in [0.15, 0.2) is 0 Å². The second-order valence-corrected chi connectivity index (χ2v) is 5.34. The zero-order valence-electron chi connectivity index (χ0n) is 13.1. The number of hydrogen-bond donors (Lipinski definition) is 2. The van der Waals surface area contributed by atoms with Crippen LogP contribution in [0, 0.1) is 13.8 Å². The first-order valence-corrected chi connectivity index (χ1v) is 7.36. The quantitative estimate of drug-likeness (QED) is 0.825. The van der Waals surface area contributed by atoms with Gasteiger partial charge in [-0.3, -0.25) is 4.79 Å². The molecule has 1 amide bonds. The van der Waals surface area contributed by atoms with E-state index >= 15 is 0 Å². The first-order valence-electron chi connectivity index (χ1n) is 7.36. The molecular weight excluding hydrogens is 276 g/mol. The number of para-hydroxylation sites is 2. The van der Waals surface area contributed by atoms with Crippen LogP contribution in [0.25, 0.3) is 0 Å². The van der Waals surface area contributed by atoms with Crippen LogP contribution < -0.4 is 15.8 Å². The smallest absolute Gasteiger partial charge is 0.220 e. The van der Waals surface area contributed by atoms with Crippen molar-refractivity contribution in [2.75, 3.05) is 11.9 Å². The van der Waals surface area contributed by atoms with E-state index in [9.17, 15) is 4.79 Å². The molecule has 2 aromatic rings. The number of carbonyl (C=O) groups is 1. The Bertz CT molecular complexity index is 653. The highest BCUT2D eigenvalue weighted by molar-refractivity contribution is 5.73. The van der Waals surface area contributed by atoms with E-state index in [0.717, 1.165) is 18.0 Å². The number of nitrogens with two attached hydrogens (primary N) is 1. The molecule has 4 nitrogen and oxygen atoms in total. The van der Waals surface area contributed by atoms with E-state index in [1.807, 2.05) is 24.3 Å². The lowest BCUT2D eigenvalue weighted by Gasteiger charge is -2.14. The maximum Gasteiger partial charge on any atom is 0.220 e. The highest BCUT2D eigenvalue weighted by Crippen LogP contribution is 2.25. The highest BCUT2D eigenvalue weighted by Gasteiger charge is 2.05. The van der Waals surface area contributed by atoms with Crippen molar-refractivity contribution in [2.45, 2.75) is 26.8 Å². The number of amides is 1. The summed E-state index contributed by atoms with van der Waals surface area (Å²) in [7, 11) is 0. The monoisotopic (exact) mass is 298 g/mol. The van der Waals surface area contributed by atoms with Crippen LogP contribution in [0.4, 0.5) is 5.69 Å². The van der Waals surface area contributed by atoms with Crippen LogP contribution in [0.3, 0.4) is 0 Å². The molecule has 0 unspecified atom stereocenters. The Kier molecular flexibility index (Phi) is 5.42. The van der Waals surface area contributed by atoms with E-state index in [0.29, 0.717) is 0 Å². The van der Waals surface area contributed by atoms with Crippen LogP contribution in [0.5, 0.6) is 5.75 Å². The Morgan fingerprint density at radius 2 is 1.95 bits per heavy atom. The standard InChI is InChI=1S/C18H22N2O2/c1-13-7-8-15(14(2)11-13)12-20-16-5-3-4-6-17(16)22-10-9-18(19)21/h3-8,11,20H,9-10,12H2,1-2H3,(H2,19,21). The van der Waals surface area contributed by atoms with Crippen LogP contribution in [-0.4, -0.2) is 12.5 Å². The van der Waals surface area contributed by atoms with Crippen LogP contribution in [0.1, 0.15) is 23.1 Å². The molecule has 0 saturated heterocycles. The third kappa shape index (κ3) is 4.52. The zero-order chi connectivity index (χ0) is 15.9. The minimum Gasteiger partial charge on any atom is -0.491 e. The number of aryl methyl sites for hydroxylation is 2. The van der Waals surface area contributed by atoms with Crippen molar-refractivity contribution < 1.29 is 9.53 Å². The Hall–Kier alpha value is -2.49. The summed E-state index contributed by atoms with van der Waals surface area (Å²) in [6.07, 6.45) is 0.214. The lowest BCUT2D eigenvalue weighted by molar-refractivity contribution is -0.118. The molecule has 0 saturated carbocycles. The van der Waals surface area contributed by atoms with Gasteiger partial charge in [-0.15, -0.1) is 0 Å². The number of nitrogens with one attached hydrogen (secondary N) is 1. The fraction of sp³-hybridized carbons (Fsp3) is 0.278. The second kappa shape index (κ2) is 7.50. The van der Waals surface area contributed by atoms with Crippen molar-refractivity contribution in [1.29, 1.82) is 0 Å². The number of benzene rings is 2. The molecule has 0 spiro atoms.